The Morgan fingerprint density at radius 3 is 2.92 bits per heavy atom. The van der Waals surface area contributed by atoms with Gasteiger partial charge in [0.25, 0.3) is 0 Å². The minimum Gasteiger partial charge on any atom is -0.384 e. The molecule has 0 aromatic carbocycles. The standard InChI is InChI=1S/C10H17NO/c1-11-8-4-2-6-10(11)7-3-5-9-12/h10,12H,2,4,6-9H2,1H3. The van der Waals surface area contributed by atoms with Gasteiger partial charge in [-0.2, -0.15) is 0 Å². The van der Waals surface area contributed by atoms with Gasteiger partial charge in [0.1, 0.15) is 6.61 Å². The van der Waals surface area contributed by atoms with Crippen molar-refractivity contribution in [1.82, 2.24) is 4.90 Å². The highest BCUT2D eigenvalue weighted by Crippen LogP contribution is 2.16. The lowest BCUT2D eigenvalue weighted by Gasteiger charge is -2.30. The summed E-state index contributed by atoms with van der Waals surface area (Å²) >= 11 is 0. The quantitative estimate of drug-likeness (QED) is 0.585. The van der Waals surface area contributed by atoms with E-state index in [1.165, 1.54) is 25.8 Å². The molecule has 12 heavy (non-hydrogen) atoms. The minimum atomic E-state index is -0.00354. The van der Waals surface area contributed by atoms with Crippen LogP contribution >= 0.6 is 0 Å². The van der Waals surface area contributed by atoms with E-state index in [1.807, 2.05) is 0 Å². The average molecular weight is 167 g/mol. The van der Waals surface area contributed by atoms with Crippen molar-refractivity contribution in [1.29, 1.82) is 0 Å². The molecule has 0 amide bonds. The van der Waals surface area contributed by atoms with Gasteiger partial charge in [0.05, 0.1) is 0 Å². The first-order chi connectivity index (χ1) is 5.84. The van der Waals surface area contributed by atoms with Crippen molar-refractivity contribution >= 4 is 0 Å². The zero-order valence-electron chi connectivity index (χ0n) is 7.71. The lowest BCUT2D eigenvalue weighted by atomic mass is 10.0. The molecule has 0 aliphatic carbocycles. The molecule has 2 heteroatoms. The third kappa shape index (κ3) is 2.84. The molecule has 68 valence electrons. The van der Waals surface area contributed by atoms with E-state index >= 15 is 0 Å². The van der Waals surface area contributed by atoms with Crippen LogP contribution in [-0.2, 0) is 0 Å². The Labute approximate surface area is 74.6 Å². The van der Waals surface area contributed by atoms with Crippen LogP contribution in [0.15, 0.2) is 0 Å². The maximum Gasteiger partial charge on any atom is 0.104 e. The summed E-state index contributed by atoms with van der Waals surface area (Å²) in [5.41, 5.74) is 0. The minimum absolute atomic E-state index is 0.00354. The summed E-state index contributed by atoms with van der Waals surface area (Å²) < 4.78 is 0. The number of hydrogen-bond acceptors (Lipinski definition) is 2. The fraction of sp³-hybridized carbons (Fsp3) is 0.800. The van der Waals surface area contributed by atoms with E-state index in [2.05, 4.69) is 23.8 Å². The number of aliphatic hydroxyl groups is 1. The summed E-state index contributed by atoms with van der Waals surface area (Å²) in [6, 6.07) is 0.623. The van der Waals surface area contributed by atoms with Crippen LogP contribution in [0, 0.1) is 11.8 Å². The lowest BCUT2D eigenvalue weighted by molar-refractivity contribution is 0.189. The molecule has 1 aliphatic heterocycles. The summed E-state index contributed by atoms with van der Waals surface area (Å²) in [6.07, 6.45) is 4.82. The van der Waals surface area contributed by atoms with Gasteiger partial charge in [0.15, 0.2) is 0 Å². The fourth-order valence-electron chi connectivity index (χ4n) is 1.65. The third-order valence-electron chi connectivity index (χ3n) is 2.46. The molecule has 1 unspecified atom stereocenters. The number of piperidine rings is 1. The van der Waals surface area contributed by atoms with Crippen molar-refractivity contribution in [3.8, 4) is 11.8 Å². The predicted octanol–water partition coefficient (Wildman–Crippen LogP) is 0.856. The van der Waals surface area contributed by atoms with Crippen molar-refractivity contribution in [3.05, 3.63) is 0 Å². The zero-order valence-corrected chi connectivity index (χ0v) is 7.71. The molecule has 1 N–H and O–H groups in total. The third-order valence-corrected chi connectivity index (χ3v) is 2.46. The monoisotopic (exact) mass is 167 g/mol. The van der Waals surface area contributed by atoms with Gasteiger partial charge in [-0.1, -0.05) is 18.3 Å². The topological polar surface area (TPSA) is 23.5 Å². The van der Waals surface area contributed by atoms with Crippen molar-refractivity contribution in [2.45, 2.75) is 31.7 Å². The Morgan fingerprint density at radius 2 is 2.25 bits per heavy atom. The fourth-order valence-corrected chi connectivity index (χ4v) is 1.65. The van der Waals surface area contributed by atoms with Gasteiger partial charge >= 0.3 is 0 Å². The molecule has 1 fully saturated rings. The summed E-state index contributed by atoms with van der Waals surface area (Å²) in [4.78, 5) is 2.37. The van der Waals surface area contributed by atoms with Crippen LogP contribution in [0.1, 0.15) is 25.7 Å². The van der Waals surface area contributed by atoms with E-state index in [1.54, 1.807) is 0 Å². The van der Waals surface area contributed by atoms with Crippen LogP contribution in [-0.4, -0.2) is 36.2 Å². The molecule has 1 atom stereocenters. The largest absolute Gasteiger partial charge is 0.384 e. The van der Waals surface area contributed by atoms with Gasteiger partial charge in [0.2, 0.25) is 0 Å². The maximum absolute atomic E-state index is 8.47. The Bertz CT molecular complexity index is 180. The second kappa shape index (κ2) is 5.18. The molecule has 1 rings (SSSR count). The highest BCUT2D eigenvalue weighted by Gasteiger charge is 2.16. The molecule has 0 aromatic heterocycles. The van der Waals surface area contributed by atoms with E-state index in [0.29, 0.717) is 6.04 Å². The van der Waals surface area contributed by atoms with Gasteiger partial charge in [-0.3, -0.25) is 0 Å². The number of nitrogens with zero attached hydrogens (tertiary/aromatic N) is 1. The summed E-state index contributed by atoms with van der Waals surface area (Å²) in [5, 5.41) is 8.47. The maximum atomic E-state index is 8.47. The van der Waals surface area contributed by atoms with Gasteiger partial charge in [-0.05, 0) is 26.4 Å². The van der Waals surface area contributed by atoms with E-state index in [9.17, 15) is 0 Å². The Kier molecular flexibility index (Phi) is 4.13. The first-order valence-electron chi connectivity index (χ1n) is 4.61. The zero-order chi connectivity index (χ0) is 8.81. The lowest BCUT2D eigenvalue weighted by Crippen LogP contribution is -2.35. The molecular formula is C10H17NO. The molecule has 1 saturated heterocycles. The smallest absolute Gasteiger partial charge is 0.104 e. The predicted molar refractivity (Wildman–Crippen MR) is 49.7 cm³/mol. The summed E-state index contributed by atoms with van der Waals surface area (Å²) in [7, 11) is 2.16. The van der Waals surface area contributed by atoms with Crippen molar-refractivity contribution < 1.29 is 5.11 Å². The molecule has 1 aliphatic rings. The van der Waals surface area contributed by atoms with E-state index in [4.69, 9.17) is 5.11 Å². The number of rotatable bonds is 1. The van der Waals surface area contributed by atoms with Crippen LogP contribution in [0.2, 0.25) is 0 Å². The Morgan fingerprint density at radius 1 is 1.42 bits per heavy atom. The molecular weight excluding hydrogens is 150 g/mol. The van der Waals surface area contributed by atoms with Crippen molar-refractivity contribution in [2.75, 3.05) is 20.2 Å². The number of likely N-dealkylation sites (tertiary alicyclic amines) is 1. The normalized spacial score (nSPS) is 24.7. The van der Waals surface area contributed by atoms with Gasteiger partial charge < -0.3 is 10.0 Å². The highest BCUT2D eigenvalue weighted by atomic mass is 16.2. The first-order valence-corrected chi connectivity index (χ1v) is 4.61. The molecule has 0 saturated carbocycles. The van der Waals surface area contributed by atoms with E-state index in [-0.39, 0.29) is 6.61 Å². The first kappa shape index (κ1) is 9.57. The molecule has 0 radical (unpaired) electrons. The Hall–Kier alpha value is -0.520. The van der Waals surface area contributed by atoms with Gasteiger partial charge in [0, 0.05) is 12.5 Å². The number of hydrogen-bond donors (Lipinski definition) is 1. The Balaban J connectivity index is 2.29. The SMILES string of the molecule is CN1CCCCC1CC#CCO. The molecule has 1 heterocycles. The van der Waals surface area contributed by atoms with Crippen LogP contribution in [0.25, 0.3) is 0 Å². The van der Waals surface area contributed by atoms with Crippen LogP contribution in [0.4, 0.5) is 0 Å². The van der Waals surface area contributed by atoms with E-state index < -0.39 is 0 Å². The van der Waals surface area contributed by atoms with Crippen LogP contribution in [0.3, 0.4) is 0 Å². The van der Waals surface area contributed by atoms with Gasteiger partial charge in [-0.15, -0.1) is 0 Å². The molecule has 0 aromatic rings. The summed E-state index contributed by atoms with van der Waals surface area (Å²) in [6.45, 7) is 1.20. The van der Waals surface area contributed by atoms with Gasteiger partial charge in [-0.25, -0.2) is 0 Å². The second-order valence-electron chi connectivity index (χ2n) is 3.35. The van der Waals surface area contributed by atoms with E-state index in [0.717, 1.165) is 6.42 Å². The van der Waals surface area contributed by atoms with Crippen LogP contribution in [0.5, 0.6) is 0 Å². The van der Waals surface area contributed by atoms with Crippen LogP contribution < -0.4 is 0 Å². The molecule has 0 bridgehead atoms. The number of aliphatic hydroxyl groups excluding tert-OH is 1. The van der Waals surface area contributed by atoms with Crippen molar-refractivity contribution in [3.63, 3.8) is 0 Å². The average Bonchev–Trinajstić information content (AvgIpc) is 2.09. The second-order valence-corrected chi connectivity index (χ2v) is 3.35. The van der Waals surface area contributed by atoms with Crippen molar-refractivity contribution in [2.24, 2.45) is 0 Å². The highest BCUT2D eigenvalue weighted by molar-refractivity contribution is 5.01. The summed E-state index contributed by atoms with van der Waals surface area (Å²) in [5.74, 6) is 5.69. The molecule has 0 spiro atoms. The molecule has 2 nitrogen and oxygen atoms in total.